The van der Waals surface area contributed by atoms with Crippen molar-refractivity contribution in [3.8, 4) is 26.9 Å². The quantitative estimate of drug-likeness (QED) is 0.328. The number of thiazole rings is 1. The summed E-state index contributed by atoms with van der Waals surface area (Å²) in [5, 5.41) is 0.990. The summed E-state index contributed by atoms with van der Waals surface area (Å²) in [5.74, 6) is 0.892. The normalized spacial score (nSPS) is 18.1. The number of hydrogen-bond donors (Lipinski definition) is 0. The summed E-state index contributed by atoms with van der Waals surface area (Å²) in [4.78, 5) is 17.8. The van der Waals surface area contributed by atoms with Crippen LogP contribution in [0.25, 0.3) is 26.7 Å². The van der Waals surface area contributed by atoms with Gasteiger partial charge in [-0.15, -0.1) is 11.3 Å². The van der Waals surface area contributed by atoms with E-state index in [1.807, 2.05) is 24.4 Å². The highest BCUT2D eigenvalue weighted by Crippen LogP contribution is 2.38. The van der Waals surface area contributed by atoms with Crippen LogP contribution >= 0.6 is 11.3 Å². The summed E-state index contributed by atoms with van der Waals surface area (Å²) in [5.41, 5.74) is 8.22. The molecular formula is C28H26N4OS. The van der Waals surface area contributed by atoms with Crippen LogP contribution in [0.1, 0.15) is 29.8 Å². The third-order valence-electron chi connectivity index (χ3n) is 6.56. The van der Waals surface area contributed by atoms with Gasteiger partial charge in [0.05, 0.1) is 35.1 Å². The topological polar surface area (TPSA) is 50.9 Å². The van der Waals surface area contributed by atoms with Gasteiger partial charge in [-0.2, -0.15) is 0 Å². The van der Waals surface area contributed by atoms with Gasteiger partial charge in [0.1, 0.15) is 10.8 Å². The van der Waals surface area contributed by atoms with Gasteiger partial charge in [0.2, 0.25) is 0 Å². The molecule has 0 bridgehead atoms. The van der Waals surface area contributed by atoms with Crippen molar-refractivity contribution in [2.45, 2.75) is 32.2 Å². The highest BCUT2D eigenvalue weighted by molar-refractivity contribution is 7.18. The number of pyridine rings is 2. The second-order valence-electron chi connectivity index (χ2n) is 8.84. The maximum absolute atomic E-state index is 5.29. The van der Waals surface area contributed by atoms with Gasteiger partial charge in [0.25, 0.3) is 0 Å². The average Bonchev–Trinajstić information content (AvgIpc) is 3.55. The lowest BCUT2D eigenvalue weighted by molar-refractivity contribution is 0.415. The molecular weight excluding hydrogens is 440 g/mol. The van der Waals surface area contributed by atoms with E-state index < -0.39 is 0 Å². The van der Waals surface area contributed by atoms with Crippen LogP contribution in [0.3, 0.4) is 0 Å². The molecule has 1 unspecified atom stereocenters. The molecule has 1 fully saturated rings. The first kappa shape index (κ1) is 21.1. The number of allylic oxidation sites excluding steroid dienone is 1. The molecule has 4 aromatic rings. The minimum absolute atomic E-state index is 0.433. The molecule has 0 N–H and O–H groups in total. The van der Waals surface area contributed by atoms with E-state index in [9.17, 15) is 0 Å². The number of methoxy groups -OCH3 is 1. The van der Waals surface area contributed by atoms with Crippen LogP contribution in [-0.4, -0.2) is 34.6 Å². The zero-order chi connectivity index (χ0) is 23.1. The fraction of sp³-hybridized carbons (Fsp3) is 0.250. The number of ether oxygens (including phenoxy) is 1. The van der Waals surface area contributed by atoms with Crippen LogP contribution in [0.5, 0.6) is 5.75 Å². The highest BCUT2D eigenvalue weighted by atomic mass is 32.1. The summed E-state index contributed by atoms with van der Waals surface area (Å²) in [6, 6.07) is 17.2. The standard InChI is InChI=1S/C28H26N4OS/c1-18-27(34-28(30-18)21-7-4-14-29-16-21)25-13-8-19-5-3-6-20(26(19)31-25)15-23-17-32(23)22-9-11-24(33-2)12-10-22/h4,7-16,23H,3,5-6,17H2,1-2H3. The molecule has 1 aliphatic heterocycles. The number of aryl methyl sites for hydroxylation is 2. The lowest BCUT2D eigenvalue weighted by Crippen LogP contribution is -2.07. The highest BCUT2D eigenvalue weighted by Gasteiger charge is 2.33. The zero-order valence-corrected chi connectivity index (χ0v) is 20.2. The van der Waals surface area contributed by atoms with E-state index in [0.29, 0.717) is 6.04 Å². The Morgan fingerprint density at radius 3 is 2.74 bits per heavy atom. The molecule has 4 heterocycles. The van der Waals surface area contributed by atoms with E-state index in [0.717, 1.165) is 52.0 Å². The van der Waals surface area contributed by atoms with E-state index in [2.05, 4.69) is 53.2 Å². The maximum Gasteiger partial charge on any atom is 0.125 e. The number of anilines is 1. The molecule has 1 aromatic carbocycles. The van der Waals surface area contributed by atoms with Crippen molar-refractivity contribution >= 4 is 22.6 Å². The number of aromatic nitrogens is 3. The van der Waals surface area contributed by atoms with Crippen molar-refractivity contribution < 1.29 is 4.74 Å². The zero-order valence-electron chi connectivity index (χ0n) is 19.4. The Hall–Kier alpha value is -3.51. The summed E-state index contributed by atoms with van der Waals surface area (Å²) in [7, 11) is 1.70. The first-order valence-electron chi connectivity index (χ1n) is 11.7. The van der Waals surface area contributed by atoms with E-state index in [4.69, 9.17) is 14.7 Å². The van der Waals surface area contributed by atoms with E-state index >= 15 is 0 Å². The van der Waals surface area contributed by atoms with Gasteiger partial charge in [0, 0.05) is 30.2 Å². The van der Waals surface area contributed by atoms with Crippen LogP contribution in [0.4, 0.5) is 5.69 Å². The molecule has 6 rings (SSSR count). The molecule has 6 heteroatoms. The van der Waals surface area contributed by atoms with Crippen molar-refractivity contribution in [3.05, 3.63) is 84.0 Å². The fourth-order valence-electron chi connectivity index (χ4n) is 4.69. The van der Waals surface area contributed by atoms with Crippen molar-refractivity contribution in [2.24, 2.45) is 0 Å². The first-order valence-corrected chi connectivity index (χ1v) is 12.5. The smallest absolute Gasteiger partial charge is 0.125 e. The molecule has 3 aromatic heterocycles. The molecule has 0 saturated carbocycles. The molecule has 0 radical (unpaired) electrons. The minimum Gasteiger partial charge on any atom is -0.497 e. The Kier molecular flexibility index (Phi) is 5.38. The van der Waals surface area contributed by atoms with Crippen LogP contribution in [0.15, 0.2) is 67.0 Å². The molecule has 1 atom stereocenters. The Labute approximate surface area is 203 Å². The molecule has 1 aliphatic carbocycles. The van der Waals surface area contributed by atoms with Crippen LogP contribution in [0.2, 0.25) is 0 Å². The Morgan fingerprint density at radius 2 is 1.94 bits per heavy atom. The number of nitrogens with zero attached hydrogens (tertiary/aromatic N) is 4. The number of fused-ring (bicyclic) bond motifs is 1. The van der Waals surface area contributed by atoms with Crippen molar-refractivity contribution in [2.75, 3.05) is 18.6 Å². The van der Waals surface area contributed by atoms with Gasteiger partial charge < -0.3 is 9.64 Å². The summed E-state index contributed by atoms with van der Waals surface area (Å²) in [6.45, 7) is 3.12. The number of hydrogen-bond acceptors (Lipinski definition) is 6. The average molecular weight is 467 g/mol. The molecule has 34 heavy (non-hydrogen) atoms. The van der Waals surface area contributed by atoms with Gasteiger partial charge in [0.15, 0.2) is 0 Å². The third-order valence-corrected chi connectivity index (χ3v) is 7.79. The molecule has 170 valence electrons. The van der Waals surface area contributed by atoms with Crippen LogP contribution in [-0.2, 0) is 6.42 Å². The summed E-state index contributed by atoms with van der Waals surface area (Å²) in [6.07, 6.45) is 9.45. The molecule has 2 aliphatic rings. The van der Waals surface area contributed by atoms with Gasteiger partial charge in [-0.05, 0) is 79.8 Å². The van der Waals surface area contributed by atoms with Gasteiger partial charge >= 0.3 is 0 Å². The lowest BCUT2D eigenvalue weighted by atomic mass is 9.90. The Bertz CT molecular complexity index is 1360. The summed E-state index contributed by atoms with van der Waals surface area (Å²) < 4.78 is 5.29. The molecule has 0 spiro atoms. The predicted molar refractivity (Wildman–Crippen MR) is 138 cm³/mol. The molecule has 5 nitrogen and oxygen atoms in total. The van der Waals surface area contributed by atoms with Gasteiger partial charge in [-0.3, -0.25) is 4.98 Å². The maximum atomic E-state index is 5.29. The monoisotopic (exact) mass is 466 g/mol. The minimum atomic E-state index is 0.433. The van der Waals surface area contributed by atoms with Crippen molar-refractivity contribution in [1.82, 2.24) is 15.0 Å². The van der Waals surface area contributed by atoms with E-state index in [1.54, 1.807) is 24.6 Å². The number of benzene rings is 1. The number of rotatable bonds is 5. The Morgan fingerprint density at radius 1 is 1.06 bits per heavy atom. The predicted octanol–water partition coefficient (Wildman–Crippen LogP) is 6.19. The second kappa shape index (κ2) is 8.69. The van der Waals surface area contributed by atoms with E-state index in [-0.39, 0.29) is 0 Å². The summed E-state index contributed by atoms with van der Waals surface area (Å²) >= 11 is 1.69. The van der Waals surface area contributed by atoms with Crippen LogP contribution < -0.4 is 9.64 Å². The largest absolute Gasteiger partial charge is 0.497 e. The van der Waals surface area contributed by atoms with Crippen molar-refractivity contribution in [3.63, 3.8) is 0 Å². The Balaban J connectivity index is 1.29. The van der Waals surface area contributed by atoms with Crippen molar-refractivity contribution in [1.29, 1.82) is 0 Å². The first-order chi connectivity index (χ1) is 16.7. The van der Waals surface area contributed by atoms with Crippen LogP contribution in [0, 0.1) is 6.92 Å². The fourth-order valence-corrected chi connectivity index (χ4v) is 5.72. The lowest BCUT2D eigenvalue weighted by Gasteiger charge is -2.19. The van der Waals surface area contributed by atoms with Gasteiger partial charge in [-0.1, -0.05) is 12.1 Å². The molecule has 0 amide bonds. The third kappa shape index (κ3) is 3.99. The van der Waals surface area contributed by atoms with E-state index in [1.165, 1.54) is 28.9 Å². The SMILES string of the molecule is COc1ccc(N2CC2C=C2CCCc3ccc(-c4sc(-c5cccnc5)nc4C)nc32)cc1. The molecule has 1 saturated heterocycles. The van der Waals surface area contributed by atoms with Gasteiger partial charge in [-0.25, -0.2) is 9.97 Å². The second-order valence-corrected chi connectivity index (χ2v) is 9.84.